The van der Waals surface area contributed by atoms with Gasteiger partial charge in [-0.05, 0) is 24.3 Å². The molecule has 0 atom stereocenters. The standard InChI is InChI=1S/C10H6Cl2N4O/c1-5-2-10(17)16-14-13-8-3-6(11)7(12)4-9(8)15(5)16/h2-4H,1H3. The van der Waals surface area contributed by atoms with Gasteiger partial charge in [-0.15, -0.1) is 9.73 Å². The molecule has 0 spiro atoms. The van der Waals surface area contributed by atoms with Crippen LogP contribution in [-0.4, -0.2) is 19.5 Å². The molecule has 0 aliphatic carbocycles. The van der Waals surface area contributed by atoms with Crippen molar-refractivity contribution in [3.05, 3.63) is 44.3 Å². The number of halogens is 2. The van der Waals surface area contributed by atoms with Gasteiger partial charge in [0.1, 0.15) is 5.52 Å². The van der Waals surface area contributed by atoms with Crippen LogP contribution >= 0.6 is 23.2 Å². The van der Waals surface area contributed by atoms with Gasteiger partial charge in [-0.3, -0.25) is 4.79 Å². The van der Waals surface area contributed by atoms with Crippen LogP contribution < -0.4 is 5.56 Å². The number of rotatable bonds is 0. The van der Waals surface area contributed by atoms with Gasteiger partial charge in [-0.25, -0.2) is 4.52 Å². The van der Waals surface area contributed by atoms with Crippen molar-refractivity contribution in [3.8, 4) is 0 Å². The maximum absolute atomic E-state index is 11.6. The highest BCUT2D eigenvalue weighted by Gasteiger charge is 2.10. The molecule has 0 saturated heterocycles. The zero-order valence-corrected chi connectivity index (χ0v) is 10.2. The first kappa shape index (κ1) is 10.6. The van der Waals surface area contributed by atoms with Crippen LogP contribution in [0.3, 0.4) is 0 Å². The average molecular weight is 269 g/mol. The van der Waals surface area contributed by atoms with E-state index in [0.717, 1.165) is 5.69 Å². The fourth-order valence-corrected chi connectivity index (χ4v) is 2.10. The molecule has 0 aliphatic rings. The Morgan fingerprint density at radius 1 is 1.18 bits per heavy atom. The van der Waals surface area contributed by atoms with Gasteiger partial charge in [0, 0.05) is 11.8 Å². The number of aryl methyl sites for hydroxylation is 1. The monoisotopic (exact) mass is 268 g/mol. The van der Waals surface area contributed by atoms with E-state index in [2.05, 4.69) is 10.3 Å². The largest absolute Gasteiger partial charge is 0.290 e. The van der Waals surface area contributed by atoms with Crippen molar-refractivity contribution >= 4 is 34.2 Å². The van der Waals surface area contributed by atoms with Gasteiger partial charge >= 0.3 is 0 Å². The van der Waals surface area contributed by atoms with E-state index in [9.17, 15) is 4.79 Å². The molecule has 0 N–H and O–H groups in total. The minimum absolute atomic E-state index is 0.233. The Morgan fingerprint density at radius 2 is 1.88 bits per heavy atom. The molecule has 0 unspecified atom stereocenters. The molecule has 17 heavy (non-hydrogen) atoms. The molecule has 7 heteroatoms. The predicted octanol–water partition coefficient (Wildman–Crippen LogP) is 1.96. The predicted molar refractivity (Wildman–Crippen MR) is 65.0 cm³/mol. The molecular weight excluding hydrogens is 263 g/mol. The molecule has 0 amide bonds. The molecule has 86 valence electrons. The van der Waals surface area contributed by atoms with Gasteiger partial charge in [-0.2, -0.15) is 0 Å². The minimum atomic E-state index is -0.233. The lowest BCUT2D eigenvalue weighted by Crippen LogP contribution is -2.16. The second kappa shape index (κ2) is 3.45. The van der Waals surface area contributed by atoms with E-state index in [1.54, 1.807) is 16.6 Å². The first-order chi connectivity index (χ1) is 8.08. The Bertz CT molecular complexity index is 805. The molecular formula is C10H6Cl2N4O. The van der Waals surface area contributed by atoms with Crippen molar-refractivity contribution in [1.82, 2.24) is 19.5 Å². The summed E-state index contributed by atoms with van der Waals surface area (Å²) in [5.41, 5.74) is 1.79. The van der Waals surface area contributed by atoms with Crippen molar-refractivity contribution in [2.45, 2.75) is 6.92 Å². The number of benzene rings is 1. The SMILES string of the molecule is Cc1cc(=O)n2nnc3cc(Cl)c(Cl)cc3n12. The smallest absolute Gasteiger partial charge is 0.266 e. The topological polar surface area (TPSA) is 51.7 Å². The molecule has 0 fully saturated rings. The van der Waals surface area contributed by atoms with Crippen molar-refractivity contribution in [3.63, 3.8) is 0 Å². The maximum Gasteiger partial charge on any atom is 0.290 e. The summed E-state index contributed by atoms with van der Waals surface area (Å²) < 4.78 is 2.83. The first-order valence-electron chi connectivity index (χ1n) is 4.81. The van der Waals surface area contributed by atoms with Gasteiger partial charge in [0.15, 0.2) is 0 Å². The van der Waals surface area contributed by atoms with Crippen molar-refractivity contribution in [2.75, 3.05) is 0 Å². The van der Waals surface area contributed by atoms with Crippen LogP contribution in [-0.2, 0) is 0 Å². The molecule has 0 bridgehead atoms. The molecule has 2 aromatic heterocycles. The summed E-state index contributed by atoms with van der Waals surface area (Å²) in [6.45, 7) is 1.81. The van der Waals surface area contributed by atoms with Crippen LogP contribution in [0, 0.1) is 6.92 Å². The second-order valence-corrected chi connectivity index (χ2v) is 4.48. The van der Waals surface area contributed by atoms with Gasteiger partial charge in [0.05, 0.1) is 15.6 Å². The third-order valence-corrected chi connectivity index (χ3v) is 3.26. The van der Waals surface area contributed by atoms with Crippen LogP contribution in [0.15, 0.2) is 23.0 Å². The fraction of sp³-hybridized carbons (Fsp3) is 0.100. The Balaban J connectivity index is 2.63. The number of fused-ring (bicyclic) bond motifs is 3. The van der Waals surface area contributed by atoms with Crippen LogP contribution in [0.25, 0.3) is 11.0 Å². The fourth-order valence-electron chi connectivity index (χ4n) is 1.79. The summed E-state index contributed by atoms with van der Waals surface area (Å²) in [4.78, 5) is 11.6. The van der Waals surface area contributed by atoms with Crippen LogP contribution in [0.1, 0.15) is 5.69 Å². The molecule has 3 aromatic rings. The highest BCUT2D eigenvalue weighted by Crippen LogP contribution is 2.26. The number of hydrogen-bond acceptors (Lipinski definition) is 3. The van der Waals surface area contributed by atoms with E-state index >= 15 is 0 Å². The van der Waals surface area contributed by atoms with Gasteiger partial charge < -0.3 is 0 Å². The Hall–Kier alpha value is -1.59. The Kier molecular flexibility index (Phi) is 2.14. The Labute approximate surface area is 105 Å². The Morgan fingerprint density at radius 3 is 2.65 bits per heavy atom. The second-order valence-electron chi connectivity index (χ2n) is 3.67. The summed E-state index contributed by atoms with van der Waals surface area (Å²) >= 11 is 11.9. The lowest BCUT2D eigenvalue weighted by molar-refractivity contribution is 0.636. The van der Waals surface area contributed by atoms with E-state index in [1.807, 2.05) is 6.92 Å². The minimum Gasteiger partial charge on any atom is -0.266 e. The molecule has 5 nitrogen and oxygen atoms in total. The van der Waals surface area contributed by atoms with Crippen LogP contribution in [0.4, 0.5) is 0 Å². The molecule has 2 heterocycles. The van der Waals surface area contributed by atoms with Crippen molar-refractivity contribution in [1.29, 1.82) is 0 Å². The summed E-state index contributed by atoms with van der Waals surface area (Å²) in [6.07, 6.45) is 0. The van der Waals surface area contributed by atoms with Crippen LogP contribution in [0.2, 0.25) is 10.0 Å². The molecule has 1 aromatic carbocycles. The van der Waals surface area contributed by atoms with Crippen molar-refractivity contribution in [2.24, 2.45) is 0 Å². The van der Waals surface area contributed by atoms with E-state index < -0.39 is 0 Å². The van der Waals surface area contributed by atoms with Crippen LogP contribution in [0.5, 0.6) is 0 Å². The first-order valence-corrected chi connectivity index (χ1v) is 5.56. The number of hydrogen-bond donors (Lipinski definition) is 0. The van der Waals surface area contributed by atoms with Gasteiger partial charge in [-0.1, -0.05) is 23.2 Å². The van der Waals surface area contributed by atoms with E-state index in [4.69, 9.17) is 23.2 Å². The highest BCUT2D eigenvalue weighted by molar-refractivity contribution is 6.42. The van der Waals surface area contributed by atoms with Gasteiger partial charge in [0.2, 0.25) is 0 Å². The lowest BCUT2D eigenvalue weighted by Gasteiger charge is -2.04. The summed E-state index contributed by atoms with van der Waals surface area (Å²) in [6, 6.07) is 4.77. The van der Waals surface area contributed by atoms with E-state index in [-0.39, 0.29) is 5.56 Å². The molecule has 0 saturated carbocycles. The quantitative estimate of drug-likeness (QED) is 0.626. The number of aromatic nitrogens is 4. The van der Waals surface area contributed by atoms with Gasteiger partial charge in [0.25, 0.3) is 5.56 Å². The third kappa shape index (κ3) is 1.43. The summed E-state index contributed by atoms with van der Waals surface area (Å²) in [7, 11) is 0. The van der Waals surface area contributed by atoms with Crippen molar-refractivity contribution < 1.29 is 0 Å². The zero-order valence-electron chi connectivity index (χ0n) is 8.69. The normalized spacial score (nSPS) is 11.5. The third-order valence-electron chi connectivity index (χ3n) is 2.54. The summed E-state index contributed by atoms with van der Waals surface area (Å²) in [5.74, 6) is 0. The maximum atomic E-state index is 11.6. The molecule has 0 aliphatic heterocycles. The number of nitrogens with zero attached hydrogens (tertiary/aromatic N) is 4. The highest BCUT2D eigenvalue weighted by atomic mass is 35.5. The molecule has 3 rings (SSSR count). The van der Waals surface area contributed by atoms with E-state index in [0.29, 0.717) is 21.1 Å². The lowest BCUT2D eigenvalue weighted by atomic mass is 10.3. The summed E-state index contributed by atoms with van der Waals surface area (Å²) in [5, 5.41) is 8.57. The average Bonchev–Trinajstić information content (AvgIpc) is 2.56. The zero-order chi connectivity index (χ0) is 12.2. The van der Waals surface area contributed by atoms with E-state index in [1.165, 1.54) is 10.7 Å². The molecule has 0 radical (unpaired) electrons.